The van der Waals surface area contributed by atoms with Crippen LogP contribution in [0, 0.1) is 6.92 Å². The summed E-state index contributed by atoms with van der Waals surface area (Å²) in [6.07, 6.45) is 3.15. The molecule has 0 aliphatic carbocycles. The number of aromatic nitrogens is 3. The molecule has 0 bridgehead atoms. The van der Waals surface area contributed by atoms with E-state index in [1.165, 1.54) is 6.20 Å². The van der Waals surface area contributed by atoms with Crippen LogP contribution in [0.3, 0.4) is 0 Å². The average Bonchev–Trinajstić information content (AvgIpc) is 2.70. The summed E-state index contributed by atoms with van der Waals surface area (Å²) in [4.78, 5) is 16.4. The van der Waals surface area contributed by atoms with E-state index >= 15 is 0 Å². The smallest absolute Gasteiger partial charge is 0.214 e. The summed E-state index contributed by atoms with van der Waals surface area (Å²) in [6, 6.07) is 3.48. The van der Waals surface area contributed by atoms with E-state index in [4.69, 9.17) is 11.6 Å². The second kappa shape index (κ2) is 4.67. The van der Waals surface area contributed by atoms with E-state index in [1.807, 2.05) is 6.92 Å². The Morgan fingerprint density at radius 3 is 2.94 bits per heavy atom. The van der Waals surface area contributed by atoms with E-state index in [2.05, 4.69) is 10.1 Å². The molecule has 0 fully saturated rings. The molecule has 0 N–H and O–H groups in total. The Labute approximate surface area is 104 Å². The molecule has 0 aromatic carbocycles. The Morgan fingerprint density at radius 1 is 1.53 bits per heavy atom. The van der Waals surface area contributed by atoms with Crippen molar-refractivity contribution in [3.8, 4) is 0 Å². The van der Waals surface area contributed by atoms with Gasteiger partial charge in [-0.2, -0.15) is 5.10 Å². The highest BCUT2D eigenvalue weighted by atomic mass is 35.5. The quantitative estimate of drug-likeness (QED) is 0.786. The largest absolute Gasteiger partial charge is 0.287 e. The second-order valence-corrected chi connectivity index (χ2v) is 4.03. The fraction of sp³-hybridized carbons (Fsp3) is 0.250. The van der Waals surface area contributed by atoms with Gasteiger partial charge >= 0.3 is 0 Å². The summed E-state index contributed by atoms with van der Waals surface area (Å²) in [5, 5.41) is 4.43. The molecule has 0 spiro atoms. The second-order valence-electron chi connectivity index (χ2n) is 3.62. The van der Waals surface area contributed by atoms with Crippen LogP contribution in [0.5, 0.6) is 0 Å². The summed E-state index contributed by atoms with van der Waals surface area (Å²) >= 11 is 6.00. The lowest BCUT2D eigenvalue weighted by molar-refractivity contribution is 0.102. The van der Waals surface area contributed by atoms with Crippen LogP contribution in [0.1, 0.15) is 28.7 Å². The molecule has 88 valence electrons. The minimum atomic E-state index is -0.139. The zero-order valence-electron chi connectivity index (χ0n) is 9.64. The number of nitrogens with zero attached hydrogens (tertiary/aromatic N) is 3. The Morgan fingerprint density at radius 2 is 2.29 bits per heavy atom. The van der Waals surface area contributed by atoms with Crippen molar-refractivity contribution in [1.29, 1.82) is 0 Å². The molecule has 2 heterocycles. The summed E-state index contributed by atoms with van der Waals surface area (Å²) < 4.78 is 1.59. The molecule has 2 aromatic heterocycles. The molecule has 5 heteroatoms. The van der Waals surface area contributed by atoms with Crippen LogP contribution in [-0.2, 0) is 6.54 Å². The Kier molecular flexibility index (Phi) is 3.24. The number of rotatable bonds is 3. The van der Waals surface area contributed by atoms with Gasteiger partial charge in [0, 0.05) is 24.0 Å². The van der Waals surface area contributed by atoms with Gasteiger partial charge in [-0.1, -0.05) is 11.6 Å². The first kappa shape index (κ1) is 11.8. The van der Waals surface area contributed by atoms with Crippen LogP contribution < -0.4 is 0 Å². The van der Waals surface area contributed by atoms with Gasteiger partial charge in [0.15, 0.2) is 0 Å². The SMILES string of the molecule is CCn1ncc(Cl)c1C(=O)c1cccnc1C. The topological polar surface area (TPSA) is 47.8 Å². The number of carbonyl (C=O) groups is 1. The molecule has 0 radical (unpaired) electrons. The molecular formula is C12H12ClN3O. The third kappa shape index (κ3) is 2.08. The highest BCUT2D eigenvalue weighted by molar-refractivity contribution is 6.34. The van der Waals surface area contributed by atoms with Crippen LogP contribution in [0.15, 0.2) is 24.5 Å². The van der Waals surface area contributed by atoms with Gasteiger partial charge in [0.2, 0.25) is 5.78 Å². The van der Waals surface area contributed by atoms with Crippen molar-refractivity contribution in [2.24, 2.45) is 0 Å². The number of halogens is 1. The standard InChI is InChI=1S/C12H12ClN3O/c1-3-16-11(10(13)7-15-16)12(17)9-5-4-6-14-8(9)2/h4-7H,3H2,1-2H3. The lowest BCUT2D eigenvalue weighted by Gasteiger charge is -2.06. The van der Waals surface area contributed by atoms with Crippen LogP contribution in [0.25, 0.3) is 0 Å². The first-order valence-corrected chi connectivity index (χ1v) is 5.70. The molecule has 0 saturated heterocycles. The third-order valence-corrected chi connectivity index (χ3v) is 2.84. The Balaban J connectivity index is 2.51. The van der Waals surface area contributed by atoms with Crippen LogP contribution in [0.2, 0.25) is 5.02 Å². The maximum atomic E-state index is 12.3. The monoisotopic (exact) mass is 249 g/mol. The van der Waals surface area contributed by atoms with Gasteiger partial charge in [0.1, 0.15) is 5.69 Å². The summed E-state index contributed by atoms with van der Waals surface area (Å²) in [5.74, 6) is -0.139. The van der Waals surface area contributed by atoms with Gasteiger partial charge in [-0.3, -0.25) is 14.5 Å². The minimum absolute atomic E-state index is 0.139. The van der Waals surface area contributed by atoms with E-state index < -0.39 is 0 Å². The molecule has 4 nitrogen and oxygen atoms in total. The molecule has 0 aliphatic rings. The lowest BCUT2D eigenvalue weighted by Crippen LogP contribution is -2.12. The number of hydrogen-bond donors (Lipinski definition) is 0. The Bertz CT molecular complexity index is 563. The summed E-state index contributed by atoms with van der Waals surface area (Å²) in [5.41, 5.74) is 1.67. The maximum Gasteiger partial charge on any atom is 0.214 e. The third-order valence-electron chi connectivity index (χ3n) is 2.56. The van der Waals surface area contributed by atoms with Crippen LogP contribution >= 0.6 is 11.6 Å². The van der Waals surface area contributed by atoms with Gasteiger partial charge in [0.25, 0.3) is 0 Å². The molecule has 0 amide bonds. The number of pyridine rings is 1. The number of carbonyl (C=O) groups excluding carboxylic acids is 1. The van der Waals surface area contributed by atoms with Crippen molar-refractivity contribution < 1.29 is 4.79 Å². The van der Waals surface area contributed by atoms with Crippen molar-refractivity contribution in [1.82, 2.24) is 14.8 Å². The van der Waals surface area contributed by atoms with Crippen molar-refractivity contribution in [2.45, 2.75) is 20.4 Å². The molecule has 0 atom stereocenters. The maximum absolute atomic E-state index is 12.3. The fourth-order valence-corrected chi connectivity index (χ4v) is 1.91. The van der Waals surface area contributed by atoms with Crippen LogP contribution in [-0.4, -0.2) is 20.5 Å². The highest BCUT2D eigenvalue weighted by Gasteiger charge is 2.20. The summed E-state index contributed by atoms with van der Waals surface area (Å²) in [7, 11) is 0. The fourth-order valence-electron chi connectivity index (χ4n) is 1.68. The minimum Gasteiger partial charge on any atom is -0.287 e. The van der Waals surface area contributed by atoms with Gasteiger partial charge in [-0.15, -0.1) is 0 Å². The van der Waals surface area contributed by atoms with Crippen LogP contribution in [0.4, 0.5) is 0 Å². The predicted molar refractivity (Wildman–Crippen MR) is 65.3 cm³/mol. The van der Waals surface area contributed by atoms with E-state index in [9.17, 15) is 4.79 Å². The lowest BCUT2D eigenvalue weighted by atomic mass is 10.1. The van der Waals surface area contributed by atoms with E-state index in [0.29, 0.717) is 28.5 Å². The first-order valence-electron chi connectivity index (χ1n) is 5.32. The predicted octanol–water partition coefficient (Wildman–Crippen LogP) is 2.49. The average molecular weight is 250 g/mol. The normalized spacial score (nSPS) is 10.5. The number of ketones is 1. The van der Waals surface area contributed by atoms with Crippen molar-refractivity contribution in [3.05, 3.63) is 46.5 Å². The molecule has 2 rings (SSSR count). The first-order chi connectivity index (χ1) is 8.15. The van der Waals surface area contributed by atoms with Gasteiger partial charge in [0.05, 0.1) is 11.2 Å². The van der Waals surface area contributed by atoms with Crippen molar-refractivity contribution in [2.75, 3.05) is 0 Å². The van der Waals surface area contributed by atoms with Gasteiger partial charge in [-0.25, -0.2) is 0 Å². The van der Waals surface area contributed by atoms with E-state index in [1.54, 1.807) is 29.9 Å². The zero-order chi connectivity index (χ0) is 12.4. The highest BCUT2D eigenvalue weighted by Crippen LogP contribution is 2.20. The molecule has 2 aromatic rings. The zero-order valence-corrected chi connectivity index (χ0v) is 10.4. The molecule has 0 aliphatic heterocycles. The van der Waals surface area contributed by atoms with Crippen molar-refractivity contribution >= 4 is 17.4 Å². The van der Waals surface area contributed by atoms with Crippen molar-refractivity contribution in [3.63, 3.8) is 0 Å². The van der Waals surface area contributed by atoms with Gasteiger partial charge < -0.3 is 0 Å². The molecule has 0 unspecified atom stereocenters. The molecule has 17 heavy (non-hydrogen) atoms. The van der Waals surface area contributed by atoms with Gasteiger partial charge in [-0.05, 0) is 26.0 Å². The molecular weight excluding hydrogens is 238 g/mol. The van der Waals surface area contributed by atoms with E-state index in [-0.39, 0.29) is 5.78 Å². The Hall–Kier alpha value is -1.68. The molecule has 0 saturated carbocycles. The van der Waals surface area contributed by atoms with E-state index in [0.717, 1.165) is 0 Å². The number of hydrogen-bond acceptors (Lipinski definition) is 3. The summed E-state index contributed by atoms with van der Waals surface area (Å²) in [6.45, 7) is 4.32. The number of aryl methyl sites for hydroxylation is 2.